The summed E-state index contributed by atoms with van der Waals surface area (Å²) in [5, 5.41) is 10.1. The van der Waals surface area contributed by atoms with Crippen LogP contribution in [-0.4, -0.2) is 30.3 Å². The second kappa shape index (κ2) is 11.2. The molecule has 0 unspecified atom stereocenters. The van der Waals surface area contributed by atoms with E-state index in [2.05, 4.69) is 23.2 Å². The van der Waals surface area contributed by atoms with E-state index in [1.165, 1.54) is 0 Å². The van der Waals surface area contributed by atoms with E-state index in [-0.39, 0.29) is 0 Å². The van der Waals surface area contributed by atoms with Crippen LogP contribution in [-0.2, 0) is 9.53 Å². The Hall–Kier alpha value is -1.78. The molecule has 2 N–H and O–H groups in total. The van der Waals surface area contributed by atoms with E-state index in [0.717, 1.165) is 6.08 Å². The molecular weight excluding hydrogens is 186 g/mol. The van der Waals surface area contributed by atoms with Gasteiger partial charge in [-0.2, -0.15) is 0 Å². The van der Waals surface area contributed by atoms with Crippen molar-refractivity contribution < 1.29 is 19.4 Å². The first-order valence-electron chi connectivity index (χ1n) is 3.95. The van der Waals surface area contributed by atoms with Gasteiger partial charge < -0.3 is 15.2 Å². The van der Waals surface area contributed by atoms with Crippen molar-refractivity contribution in [2.24, 2.45) is 0 Å². The van der Waals surface area contributed by atoms with Crippen LogP contribution < -0.4 is 5.32 Å². The molecule has 0 atom stereocenters. The molecule has 5 nitrogen and oxygen atoms in total. The molecule has 0 radical (unpaired) electrons. The van der Waals surface area contributed by atoms with Crippen LogP contribution in [0.1, 0.15) is 6.92 Å². The number of alkyl carbamates (subject to hydrolysis) is 1. The molecule has 0 aromatic heterocycles. The summed E-state index contributed by atoms with van der Waals surface area (Å²) in [7, 11) is 0. The van der Waals surface area contributed by atoms with Crippen LogP contribution in [0.15, 0.2) is 25.3 Å². The van der Waals surface area contributed by atoms with Crippen LogP contribution in [0.3, 0.4) is 0 Å². The lowest BCUT2D eigenvalue weighted by Gasteiger charge is -1.99. The lowest BCUT2D eigenvalue weighted by Crippen LogP contribution is -2.23. The van der Waals surface area contributed by atoms with E-state index in [1.54, 1.807) is 13.0 Å². The van der Waals surface area contributed by atoms with Crippen LogP contribution in [0.25, 0.3) is 0 Å². The Morgan fingerprint density at radius 3 is 2.29 bits per heavy atom. The van der Waals surface area contributed by atoms with Gasteiger partial charge in [-0.05, 0) is 6.92 Å². The van der Waals surface area contributed by atoms with Crippen molar-refractivity contribution in [3.05, 3.63) is 25.3 Å². The normalized spacial score (nSPS) is 7.50. The molecule has 5 heteroatoms. The second-order valence-electron chi connectivity index (χ2n) is 1.93. The third-order valence-corrected chi connectivity index (χ3v) is 0.841. The quantitative estimate of drug-likeness (QED) is 0.529. The highest BCUT2D eigenvalue weighted by Gasteiger charge is 1.93. The third kappa shape index (κ3) is 16.7. The molecule has 1 amide bonds. The van der Waals surface area contributed by atoms with Gasteiger partial charge in [0.25, 0.3) is 0 Å². The Morgan fingerprint density at radius 1 is 1.50 bits per heavy atom. The molecule has 0 saturated carbocycles. The van der Waals surface area contributed by atoms with E-state index >= 15 is 0 Å². The van der Waals surface area contributed by atoms with Gasteiger partial charge in [-0.1, -0.05) is 12.7 Å². The molecule has 0 aromatic rings. The monoisotopic (exact) mass is 201 g/mol. The van der Waals surface area contributed by atoms with Gasteiger partial charge in [-0.15, -0.1) is 6.58 Å². The molecule has 0 aliphatic heterocycles. The van der Waals surface area contributed by atoms with E-state index < -0.39 is 12.1 Å². The summed E-state index contributed by atoms with van der Waals surface area (Å²) in [6.45, 7) is 9.00. The Bertz CT molecular complexity index is 201. The maximum atomic E-state index is 10.4. The highest BCUT2D eigenvalue weighted by atomic mass is 16.5. The first-order valence-corrected chi connectivity index (χ1v) is 3.95. The molecule has 0 fully saturated rings. The van der Waals surface area contributed by atoms with Crippen molar-refractivity contribution in [2.45, 2.75) is 6.92 Å². The van der Waals surface area contributed by atoms with Crippen molar-refractivity contribution >= 4 is 12.1 Å². The Morgan fingerprint density at radius 2 is 2.00 bits per heavy atom. The third-order valence-electron chi connectivity index (χ3n) is 0.841. The highest BCUT2D eigenvalue weighted by molar-refractivity contribution is 5.78. The molecule has 0 rings (SSSR count). The minimum Gasteiger partial charge on any atom is -0.478 e. The number of ether oxygens (including phenoxy) is 1. The van der Waals surface area contributed by atoms with E-state index in [0.29, 0.717) is 13.2 Å². The summed E-state index contributed by atoms with van der Waals surface area (Å²) in [5.41, 5.74) is 0. The number of amides is 1. The summed E-state index contributed by atoms with van der Waals surface area (Å²) >= 11 is 0. The van der Waals surface area contributed by atoms with Gasteiger partial charge in [0.1, 0.15) is 0 Å². The predicted molar refractivity (Wildman–Crippen MR) is 53.1 cm³/mol. The number of carboxylic acids is 1. The summed E-state index contributed by atoms with van der Waals surface area (Å²) < 4.78 is 4.55. The molecule has 0 bridgehead atoms. The van der Waals surface area contributed by atoms with Crippen LogP contribution in [0.4, 0.5) is 4.79 Å². The molecule has 80 valence electrons. The number of hydrogen-bond donors (Lipinski definition) is 2. The molecule has 0 aliphatic rings. The maximum Gasteiger partial charge on any atom is 0.407 e. The average molecular weight is 201 g/mol. The van der Waals surface area contributed by atoms with Crippen LogP contribution in [0.5, 0.6) is 0 Å². The van der Waals surface area contributed by atoms with E-state index in [9.17, 15) is 9.59 Å². The van der Waals surface area contributed by atoms with Crippen molar-refractivity contribution in [3.8, 4) is 0 Å². The average Bonchev–Trinajstić information content (AvgIpc) is 2.16. The van der Waals surface area contributed by atoms with E-state index in [1.807, 2.05) is 0 Å². The lowest BCUT2D eigenvalue weighted by molar-refractivity contribution is -0.131. The number of nitrogens with one attached hydrogen (secondary N) is 1. The highest BCUT2D eigenvalue weighted by Crippen LogP contribution is 1.74. The zero-order valence-electron chi connectivity index (χ0n) is 8.16. The fourth-order valence-electron chi connectivity index (χ4n) is 0.338. The van der Waals surface area contributed by atoms with Gasteiger partial charge in [-0.25, -0.2) is 9.59 Å². The number of carboxylic acid groups (broad SMARTS) is 1. The minimum absolute atomic E-state index is 0.391. The van der Waals surface area contributed by atoms with Crippen molar-refractivity contribution in [1.82, 2.24) is 5.32 Å². The predicted octanol–water partition coefficient (Wildman–Crippen LogP) is 1.18. The number of rotatable bonds is 4. The number of carbonyl (C=O) groups excluding carboxylic acids is 1. The van der Waals surface area contributed by atoms with Crippen LogP contribution >= 0.6 is 0 Å². The van der Waals surface area contributed by atoms with Gasteiger partial charge in [0.15, 0.2) is 0 Å². The smallest absolute Gasteiger partial charge is 0.407 e. The first kappa shape index (κ1) is 14.7. The Kier molecular flexibility index (Phi) is 11.8. The van der Waals surface area contributed by atoms with Gasteiger partial charge in [0.2, 0.25) is 0 Å². The van der Waals surface area contributed by atoms with Gasteiger partial charge in [-0.3, -0.25) is 0 Å². The van der Waals surface area contributed by atoms with Gasteiger partial charge >= 0.3 is 12.1 Å². The SMILES string of the molecule is C=CC(=O)O.C=CCNC(=O)OCC. The molecular formula is C9H15NO4. The van der Waals surface area contributed by atoms with E-state index in [4.69, 9.17) is 5.11 Å². The second-order valence-corrected chi connectivity index (χ2v) is 1.93. The number of hydrogen-bond acceptors (Lipinski definition) is 3. The van der Waals surface area contributed by atoms with Gasteiger partial charge in [0, 0.05) is 12.6 Å². The Labute approximate surface area is 83.1 Å². The number of carbonyl (C=O) groups is 2. The molecule has 14 heavy (non-hydrogen) atoms. The van der Waals surface area contributed by atoms with Crippen molar-refractivity contribution in [3.63, 3.8) is 0 Å². The zero-order chi connectivity index (χ0) is 11.4. The zero-order valence-corrected chi connectivity index (χ0v) is 8.16. The van der Waals surface area contributed by atoms with Gasteiger partial charge in [0.05, 0.1) is 6.61 Å². The summed E-state index contributed by atoms with van der Waals surface area (Å²) in [6.07, 6.45) is 2.04. The fourth-order valence-corrected chi connectivity index (χ4v) is 0.338. The maximum absolute atomic E-state index is 10.4. The molecule has 0 aromatic carbocycles. The summed E-state index contributed by atoms with van der Waals surface area (Å²) in [4.78, 5) is 19.7. The first-order chi connectivity index (χ1) is 6.58. The molecule has 0 aliphatic carbocycles. The summed E-state index contributed by atoms with van der Waals surface area (Å²) in [6, 6.07) is 0. The fraction of sp³-hybridized carbons (Fsp3) is 0.333. The van der Waals surface area contributed by atoms with Crippen molar-refractivity contribution in [2.75, 3.05) is 13.2 Å². The lowest BCUT2D eigenvalue weighted by atomic mass is 10.6. The molecule has 0 heterocycles. The van der Waals surface area contributed by atoms with Crippen LogP contribution in [0.2, 0.25) is 0 Å². The Balaban J connectivity index is 0. The minimum atomic E-state index is -0.981. The standard InChI is InChI=1S/C6H11NO2.C3H4O2/c1-3-5-7-6(8)9-4-2;1-2-3(4)5/h3H,1,4-5H2,2H3,(H,7,8);2H,1H2,(H,4,5). The van der Waals surface area contributed by atoms with Crippen LogP contribution in [0, 0.1) is 0 Å². The summed E-state index contributed by atoms with van der Waals surface area (Å²) in [5.74, 6) is -0.981. The molecule has 0 saturated heterocycles. The molecule has 0 spiro atoms. The topological polar surface area (TPSA) is 75.6 Å². The number of aliphatic carboxylic acids is 1. The van der Waals surface area contributed by atoms with Crippen molar-refractivity contribution in [1.29, 1.82) is 0 Å². The largest absolute Gasteiger partial charge is 0.478 e.